The molecule has 3 heteroatoms. The second kappa shape index (κ2) is 6.35. The minimum Gasteiger partial charge on any atom is -0.396 e. The van der Waals surface area contributed by atoms with E-state index in [1.807, 2.05) is 6.92 Å². The minimum atomic E-state index is 0.169. The molecule has 0 aliphatic rings. The van der Waals surface area contributed by atoms with Gasteiger partial charge in [0.05, 0.1) is 6.10 Å². The molecule has 0 radical (unpaired) electrons. The van der Waals surface area contributed by atoms with Crippen LogP contribution in [0.15, 0.2) is 0 Å². The number of hydrogen-bond acceptors (Lipinski definition) is 3. The number of rotatable bonds is 7. The SMILES string of the molecule is COC(C)CNCC(C)(C)CCO. The van der Waals surface area contributed by atoms with Gasteiger partial charge in [-0.1, -0.05) is 13.8 Å². The molecule has 0 heterocycles. The largest absolute Gasteiger partial charge is 0.396 e. The maximum atomic E-state index is 8.80. The number of nitrogens with one attached hydrogen (secondary N) is 1. The van der Waals surface area contributed by atoms with Crippen molar-refractivity contribution in [3.05, 3.63) is 0 Å². The van der Waals surface area contributed by atoms with Crippen molar-refractivity contribution >= 4 is 0 Å². The van der Waals surface area contributed by atoms with Gasteiger partial charge in [0.2, 0.25) is 0 Å². The van der Waals surface area contributed by atoms with Crippen LogP contribution in [0.4, 0.5) is 0 Å². The summed E-state index contributed by atoms with van der Waals surface area (Å²) >= 11 is 0. The minimum absolute atomic E-state index is 0.169. The third-order valence-corrected chi connectivity index (χ3v) is 2.23. The molecule has 0 aliphatic heterocycles. The first-order valence-electron chi connectivity index (χ1n) is 4.86. The molecule has 0 bridgehead atoms. The van der Waals surface area contributed by atoms with Crippen LogP contribution in [0.5, 0.6) is 0 Å². The smallest absolute Gasteiger partial charge is 0.0667 e. The van der Waals surface area contributed by atoms with E-state index in [0.29, 0.717) is 0 Å². The monoisotopic (exact) mass is 189 g/mol. The molecule has 0 saturated carbocycles. The molecule has 0 aromatic heterocycles. The van der Waals surface area contributed by atoms with Gasteiger partial charge < -0.3 is 15.2 Å². The summed E-state index contributed by atoms with van der Waals surface area (Å²) in [7, 11) is 1.71. The van der Waals surface area contributed by atoms with Crippen molar-refractivity contribution in [2.75, 3.05) is 26.8 Å². The summed E-state index contributed by atoms with van der Waals surface area (Å²) in [5, 5.41) is 12.1. The summed E-state index contributed by atoms with van der Waals surface area (Å²) in [5.41, 5.74) is 0.169. The molecule has 0 aromatic carbocycles. The van der Waals surface area contributed by atoms with Crippen LogP contribution in [0.25, 0.3) is 0 Å². The molecule has 2 N–H and O–H groups in total. The zero-order chi connectivity index (χ0) is 10.3. The van der Waals surface area contributed by atoms with Crippen LogP contribution >= 0.6 is 0 Å². The maximum Gasteiger partial charge on any atom is 0.0667 e. The van der Waals surface area contributed by atoms with Crippen molar-refractivity contribution < 1.29 is 9.84 Å². The summed E-state index contributed by atoms with van der Waals surface area (Å²) < 4.78 is 5.11. The molecule has 0 amide bonds. The first kappa shape index (κ1) is 12.9. The molecule has 1 unspecified atom stereocenters. The Morgan fingerprint density at radius 1 is 1.46 bits per heavy atom. The van der Waals surface area contributed by atoms with E-state index >= 15 is 0 Å². The van der Waals surface area contributed by atoms with Crippen molar-refractivity contribution in [2.45, 2.75) is 33.3 Å². The van der Waals surface area contributed by atoms with Gasteiger partial charge in [0, 0.05) is 26.8 Å². The quantitative estimate of drug-likeness (QED) is 0.628. The van der Waals surface area contributed by atoms with Gasteiger partial charge in [-0.2, -0.15) is 0 Å². The first-order chi connectivity index (χ1) is 6.02. The molecule has 0 saturated heterocycles. The van der Waals surface area contributed by atoms with Crippen LogP contribution in [0, 0.1) is 5.41 Å². The van der Waals surface area contributed by atoms with Gasteiger partial charge in [-0.05, 0) is 18.8 Å². The Morgan fingerprint density at radius 3 is 2.54 bits per heavy atom. The van der Waals surface area contributed by atoms with Crippen molar-refractivity contribution in [3.8, 4) is 0 Å². The van der Waals surface area contributed by atoms with Crippen LogP contribution in [-0.2, 0) is 4.74 Å². The molecule has 13 heavy (non-hydrogen) atoms. The highest BCUT2D eigenvalue weighted by Gasteiger charge is 2.16. The topological polar surface area (TPSA) is 41.5 Å². The Balaban J connectivity index is 3.50. The Hall–Kier alpha value is -0.120. The summed E-state index contributed by atoms with van der Waals surface area (Å²) in [6, 6.07) is 0. The van der Waals surface area contributed by atoms with Gasteiger partial charge >= 0.3 is 0 Å². The highest BCUT2D eigenvalue weighted by atomic mass is 16.5. The average molecular weight is 189 g/mol. The molecular weight excluding hydrogens is 166 g/mol. The maximum absolute atomic E-state index is 8.80. The predicted molar refractivity (Wildman–Crippen MR) is 54.8 cm³/mol. The van der Waals surface area contributed by atoms with Gasteiger partial charge in [0.25, 0.3) is 0 Å². The Morgan fingerprint density at radius 2 is 2.08 bits per heavy atom. The van der Waals surface area contributed by atoms with E-state index in [2.05, 4.69) is 19.2 Å². The van der Waals surface area contributed by atoms with Crippen molar-refractivity contribution in [2.24, 2.45) is 5.41 Å². The van der Waals surface area contributed by atoms with Crippen LogP contribution < -0.4 is 5.32 Å². The first-order valence-corrected chi connectivity index (χ1v) is 4.86. The number of aliphatic hydroxyl groups excluding tert-OH is 1. The van der Waals surface area contributed by atoms with Gasteiger partial charge in [0.1, 0.15) is 0 Å². The lowest BCUT2D eigenvalue weighted by atomic mass is 9.90. The lowest BCUT2D eigenvalue weighted by molar-refractivity contribution is 0.112. The molecule has 0 aliphatic carbocycles. The molecule has 80 valence electrons. The van der Waals surface area contributed by atoms with E-state index in [-0.39, 0.29) is 18.1 Å². The lowest BCUT2D eigenvalue weighted by Crippen LogP contribution is -2.34. The van der Waals surface area contributed by atoms with Crippen LogP contribution in [0.3, 0.4) is 0 Å². The van der Waals surface area contributed by atoms with Crippen molar-refractivity contribution in [3.63, 3.8) is 0 Å². The van der Waals surface area contributed by atoms with Gasteiger partial charge in [0.15, 0.2) is 0 Å². The van der Waals surface area contributed by atoms with Crippen LogP contribution in [-0.4, -0.2) is 38.0 Å². The van der Waals surface area contributed by atoms with Crippen LogP contribution in [0.1, 0.15) is 27.2 Å². The fourth-order valence-corrected chi connectivity index (χ4v) is 1.09. The number of aliphatic hydroxyl groups is 1. The van der Waals surface area contributed by atoms with Crippen molar-refractivity contribution in [1.29, 1.82) is 0 Å². The van der Waals surface area contributed by atoms with Gasteiger partial charge in [-0.3, -0.25) is 0 Å². The molecular formula is C10H23NO2. The molecule has 0 fully saturated rings. The highest BCUT2D eigenvalue weighted by molar-refractivity contribution is 4.71. The van der Waals surface area contributed by atoms with Gasteiger partial charge in [-0.25, -0.2) is 0 Å². The predicted octanol–water partition coefficient (Wildman–Crippen LogP) is 1.02. The number of methoxy groups -OCH3 is 1. The zero-order valence-corrected chi connectivity index (χ0v) is 9.26. The fourth-order valence-electron chi connectivity index (χ4n) is 1.09. The second-order valence-corrected chi connectivity index (χ2v) is 4.32. The van der Waals surface area contributed by atoms with E-state index in [0.717, 1.165) is 19.5 Å². The van der Waals surface area contributed by atoms with E-state index < -0.39 is 0 Å². The number of hydrogen-bond donors (Lipinski definition) is 2. The van der Waals surface area contributed by atoms with E-state index in [4.69, 9.17) is 9.84 Å². The Labute approximate surface area is 81.5 Å². The van der Waals surface area contributed by atoms with Gasteiger partial charge in [-0.15, -0.1) is 0 Å². The molecule has 0 spiro atoms. The fraction of sp³-hybridized carbons (Fsp3) is 1.00. The molecule has 3 nitrogen and oxygen atoms in total. The van der Waals surface area contributed by atoms with Crippen LogP contribution in [0.2, 0.25) is 0 Å². The second-order valence-electron chi connectivity index (χ2n) is 4.32. The zero-order valence-electron chi connectivity index (χ0n) is 9.26. The average Bonchev–Trinajstić information content (AvgIpc) is 2.03. The number of ether oxygens (including phenoxy) is 1. The summed E-state index contributed by atoms with van der Waals surface area (Å²) in [4.78, 5) is 0. The van der Waals surface area contributed by atoms with Crippen molar-refractivity contribution in [1.82, 2.24) is 5.32 Å². The lowest BCUT2D eigenvalue weighted by Gasteiger charge is -2.24. The van der Waals surface area contributed by atoms with E-state index in [1.54, 1.807) is 7.11 Å². The third-order valence-electron chi connectivity index (χ3n) is 2.23. The standard InChI is InChI=1S/C10H23NO2/c1-9(13-4)7-11-8-10(2,3)5-6-12/h9,11-12H,5-8H2,1-4H3. The Bertz CT molecular complexity index is 126. The summed E-state index contributed by atoms with van der Waals surface area (Å²) in [6.07, 6.45) is 1.09. The van der Waals surface area contributed by atoms with E-state index in [1.165, 1.54) is 0 Å². The third kappa shape index (κ3) is 6.99. The molecule has 0 aromatic rings. The highest BCUT2D eigenvalue weighted by Crippen LogP contribution is 2.17. The Kier molecular flexibility index (Phi) is 6.29. The molecule has 0 rings (SSSR count). The summed E-state index contributed by atoms with van der Waals surface area (Å²) in [6.45, 7) is 8.37. The van der Waals surface area contributed by atoms with E-state index in [9.17, 15) is 0 Å². The molecule has 1 atom stereocenters. The summed E-state index contributed by atoms with van der Waals surface area (Å²) in [5.74, 6) is 0. The normalized spacial score (nSPS) is 14.5.